The summed E-state index contributed by atoms with van der Waals surface area (Å²) in [6.07, 6.45) is 1.74. The molecule has 1 aliphatic heterocycles. The van der Waals surface area contributed by atoms with Crippen LogP contribution >= 0.6 is 11.8 Å². The minimum Gasteiger partial charge on any atom is -0.489 e. The van der Waals surface area contributed by atoms with Gasteiger partial charge in [-0.15, -0.1) is 0 Å². The number of carbonyl (C=O) groups excluding carboxylic acids is 1. The van der Waals surface area contributed by atoms with E-state index < -0.39 is 0 Å². The van der Waals surface area contributed by atoms with E-state index in [1.54, 1.807) is 11.0 Å². The number of para-hydroxylation sites is 1. The molecule has 0 aliphatic carbocycles. The van der Waals surface area contributed by atoms with Crippen LogP contribution in [0, 0.1) is 11.3 Å². The number of ether oxygens (including phenoxy) is 1. The van der Waals surface area contributed by atoms with Crippen molar-refractivity contribution in [3.63, 3.8) is 0 Å². The number of hydrogen-bond acceptors (Lipinski definition) is 5. The highest BCUT2D eigenvalue weighted by Gasteiger charge is 2.31. The molecule has 152 valence electrons. The zero-order valence-electron chi connectivity index (χ0n) is 16.6. The predicted octanol–water partition coefficient (Wildman–Crippen LogP) is 5.27. The molecule has 0 bridgehead atoms. The van der Waals surface area contributed by atoms with Gasteiger partial charge in [0.1, 0.15) is 18.1 Å². The molecule has 0 atom stereocenters. The molecule has 5 nitrogen and oxygen atoms in total. The summed E-state index contributed by atoms with van der Waals surface area (Å²) >= 11 is 1.24. The van der Waals surface area contributed by atoms with Crippen molar-refractivity contribution >= 4 is 34.6 Å². The van der Waals surface area contributed by atoms with Crippen molar-refractivity contribution in [2.75, 3.05) is 10.7 Å². The Morgan fingerprint density at radius 1 is 1.00 bits per heavy atom. The van der Waals surface area contributed by atoms with Crippen LogP contribution in [0.3, 0.4) is 0 Å². The topological polar surface area (TPSA) is 65.7 Å². The van der Waals surface area contributed by atoms with Crippen LogP contribution in [0.1, 0.15) is 11.1 Å². The van der Waals surface area contributed by atoms with Crippen LogP contribution in [0.15, 0.2) is 95.6 Å². The molecule has 0 N–H and O–H groups in total. The molecule has 6 heteroatoms. The maximum atomic E-state index is 13.1. The lowest BCUT2D eigenvalue weighted by atomic mass is 10.1. The number of anilines is 1. The van der Waals surface area contributed by atoms with Gasteiger partial charge in [0.15, 0.2) is 5.17 Å². The Kier molecular flexibility index (Phi) is 6.46. The van der Waals surface area contributed by atoms with Crippen LogP contribution in [0.4, 0.5) is 5.69 Å². The van der Waals surface area contributed by atoms with E-state index in [2.05, 4.69) is 11.1 Å². The molecule has 0 fully saturated rings. The fourth-order valence-corrected chi connectivity index (χ4v) is 3.76. The highest BCUT2D eigenvalue weighted by molar-refractivity contribution is 8.14. The van der Waals surface area contributed by atoms with Gasteiger partial charge in [-0.05, 0) is 41.5 Å². The SMILES string of the molecule is N#CCSC1=N/C(=C\c2cccc(OCc3ccccc3)c2)C(=O)N1c1ccccc1. The summed E-state index contributed by atoms with van der Waals surface area (Å²) in [6.45, 7) is 0.467. The molecule has 0 saturated carbocycles. The molecule has 0 unspecified atom stereocenters. The number of benzene rings is 3. The molecular weight excluding hydrogens is 406 g/mol. The van der Waals surface area contributed by atoms with Crippen LogP contribution in [0.5, 0.6) is 5.75 Å². The van der Waals surface area contributed by atoms with Crippen LogP contribution in [-0.2, 0) is 11.4 Å². The number of amides is 1. The average molecular weight is 426 g/mol. The standard InChI is InChI=1S/C25H19N3O2S/c26-14-15-31-25-27-23(24(29)28(25)21-11-5-2-6-12-21)17-20-10-7-13-22(16-20)30-18-19-8-3-1-4-9-19/h1-13,16-17H,15,18H2/b23-17-. The van der Waals surface area contributed by atoms with Gasteiger partial charge in [0.2, 0.25) is 0 Å². The fourth-order valence-electron chi connectivity index (χ4n) is 3.09. The number of nitrogens with zero attached hydrogens (tertiary/aromatic N) is 3. The Hall–Kier alpha value is -3.82. The molecule has 1 heterocycles. The second-order valence-corrected chi connectivity index (χ2v) is 7.64. The number of amidine groups is 1. The molecule has 3 aromatic carbocycles. The molecule has 31 heavy (non-hydrogen) atoms. The van der Waals surface area contributed by atoms with E-state index in [1.165, 1.54) is 11.8 Å². The third-order valence-corrected chi connectivity index (χ3v) is 5.33. The lowest BCUT2D eigenvalue weighted by Gasteiger charge is -2.16. The Morgan fingerprint density at radius 3 is 2.48 bits per heavy atom. The third kappa shape index (κ3) is 5.03. The first-order valence-electron chi connectivity index (χ1n) is 9.71. The molecule has 0 saturated heterocycles. The van der Waals surface area contributed by atoms with Crippen molar-refractivity contribution in [2.45, 2.75) is 6.61 Å². The van der Waals surface area contributed by atoms with Crippen molar-refractivity contribution in [1.29, 1.82) is 5.26 Å². The largest absolute Gasteiger partial charge is 0.489 e. The zero-order valence-corrected chi connectivity index (χ0v) is 17.5. The van der Waals surface area contributed by atoms with Gasteiger partial charge in [-0.1, -0.05) is 72.4 Å². The molecule has 1 aliphatic rings. The molecule has 0 aromatic heterocycles. The summed E-state index contributed by atoms with van der Waals surface area (Å²) in [5.74, 6) is 0.708. The van der Waals surface area contributed by atoms with E-state index in [4.69, 9.17) is 10.00 Å². The molecule has 1 amide bonds. The van der Waals surface area contributed by atoms with Gasteiger partial charge in [0.25, 0.3) is 5.91 Å². The maximum absolute atomic E-state index is 13.1. The van der Waals surface area contributed by atoms with E-state index in [-0.39, 0.29) is 11.7 Å². The highest BCUT2D eigenvalue weighted by atomic mass is 32.2. The van der Waals surface area contributed by atoms with E-state index in [1.807, 2.05) is 84.9 Å². The lowest BCUT2D eigenvalue weighted by molar-refractivity contribution is -0.113. The lowest BCUT2D eigenvalue weighted by Crippen LogP contribution is -2.30. The number of nitriles is 1. The van der Waals surface area contributed by atoms with Crippen molar-refractivity contribution in [3.05, 3.63) is 102 Å². The number of rotatable bonds is 6. The van der Waals surface area contributed by atoms with Gasteiger partial charge < -0.3 is 4.74 Å². The molecular formula is C25H19N3O2S. The van der Waals surface area contributed by atoms with E-state index in [0.717, 1.165) is 16.8 Å². The van der Waals surface area contributed by atoms with Crippen LogP contribution in [0.2, 0.25) is 0 Å². The fraction of sp³-hybridized carbons (Fsp3) is 0.0800. The molecule has 3 aromatic rings. The van der Waals surface area contributed by atoms with E-state index >= 15 is 0 Å². The Labute approximate surface area is 185 Å². The average Bonchev–Trinajstić information content (AvgIpc) is 3.12. The summed E-state index contributed by atoms with van der Waals surface area (Å²) < 4.78 is 5.89. The van der Waals surface area contributed by atoms with Crippen molar-refractivity contribution in [1.82, 2.24) is 0 Å². The first-order chi connectivity index (χ1) is 15.2. The monoisotopic (exact) mass is 425 g/mol. The molecule has 0 radical (unpaired) electrons. The number of carbonyl (C=O) groups is 1. The van der Waals surface area contributed by atoms with Crippen LogP contribution in [-0.4, -0.2) is 16.8 Å². The zero-order chi connectivity index (χ0) is 21.5. The Morgan fingerprint density at radius 2 is 1.74 bits per heavy atom. The summed E-state index contributed by atoms with van der Waals surface area (Å²) in [4.78, 5) is 19.1. The van der Waals surface area contributed by atoms with Crippen molar-refractivity contribution < 1.29 is 9.53 Å². The third-order valence-electron chi connectivity index (χ3n) is 4.52. The number of thioether (sulfide) groups is 1. The van der Waals surface area contributed by atoms with E-state index in [9.17, 15) is 4.79 Å². The Balaban J connectivity index is 1.57. The highest BCUT2D eigenvalue weighted by Crippen LogP contribution is 2.29. The summed E-state index contributed by atoms with van der Waals surface area (Å²) in [5.41, 5.74) is 2.95. The number of aliphatic imine (C=N–C) groups is 1. The quantitative estimate of drug-likeness (QED) is 0.505. The van der Waals surface area contributed by atoms with Gasteiger partial charge in [-0.2, -0.15) is 5.26 Å². The Bertz CT molecular complexity index is 1170. The van der Waals surface area contributed by atoms with Gasteiger partial charge in [0.05, 0.1) is 17.5 Å². The minimum atomic E-state index is -0.220. The summed E-state index contributed by atoms with van der Waals surface area (Å²) in [7, 11) is 0. The van der Waals surface area contributed by atoms with Gasteiger partial charge in [0, 0.05) is 0 Å². The van der Waals surface area contributed by atoms with Gasteiger partial charge >= 0.3 is 0 Å². The van der Waals surface area contributed by atoms with Gasteiger partial charge in [-0.3, -0.25) is 9.69 Å². The molecule has 0 spiro atoms. The second kappa shape index (κ2) is 9.79. The maximum Gasteiger partial charge on any atom is 0.283 e. The summed E-state index contributed by atoms with van der Waals surface area (Å²) in [6, 6.07) is 28.9. The predicted molar refractivity (Wildman–Crippen MR) is 125 cm³/mol. The first kappa shape index (κ1) is 20.5. The first-order valence-corrected chi connectivity index (χ1v) is 10.7. The minimum absolute atomic E-state index is 0.214. The van der Waals surface area contributed by atoms with Crippen LogP contribution in [0.25, 0.3) is 6.08 Å². The smallest absolute Gasteiger partial charge is 0.283 e. The molecule has 4 rings (SSSR count). The summed E-state index contributed by atoms with van der Waals surface area (Å²) in [5, 5.41) is 9.46. The van der Waals surface area contributed by atoms with Crippen LogP contribution < -0.4 is 9.64 Å². The number of hydrogen-bond donors (Lipinski definition) is 0. The van der Waals surface area contributed by atoms with Crippen molar-refractivity contribution in [2.24, 2.45) is 4.99 Å². The second-order valence-electron chi connectivity index (χ2n) is 6.69. The van der Waals surface area contributed by atoms with Crippen molar-refractivity contribution in [3.8, 4) is 11.8 Å². The van der Waals surface area contributed by atoms with E-state index in [0.29, 0.717) is 23.2 Å². The normalized spacial score (nSPS) is 14.4. The van der Waals surface area contributed by atoms with Gasteiger partial charge in [-0.25, -0.2) is 4.99 Å².